The van der Waals surface area contributed by atoms with Crippen molar-refractivity contribution in [2.45, 2.75) is 18.9 Å². The van der Waals surface area contributed by atoms with Gasteiger partial charge in [0.15, 0.2) is 0 Å². The van der Waals surface area contributed by atoms with Crippen molar-refractivity contribution < 1.29 is 31.5 Å². The van der Waals surface area contributed by atoms with Crippen molar-refractivity contribution in [3.05, 3.63) is 0 Å². The fourth-order valence-corrected chi connectivity index (χ4v) is 2.35. The van der Waals surface area contributed by atoms with E-state index in [0.717, 1.165) is 12.5 Å². The first-order valence-electron chi connectivity index (χ1n) is 5.28. The number of carbonyl (C=O) groups excluding carboxylic acids is 1. The summed E-state index contributed by atoms with van der Waals surface area (Å²) in [5.41, 5.74) is 0. The average Bonchev–Trinajstić information content (AvgIpc) is 2.18. The van der Waals surface area contributed by atoms with E-state index >= 15 is 0 Å². The van der Waals surface area contributed by atoms with E-state index in [9.17, 15) is 26.4 Å². The van der Waals surface area contributed by atoms with E-state index in [1.165, 1.54) is 0 Å². The van der Waals surface area contributed by atoms with Gasteiger partial charge < -0.3 is 10.4 Å². The first kappa shape index (κ1) is 17.8. The summed E-state index contributed by atoms with van der Waals surface area (Å²) in [7, 11) is -6.65. The standard InChI is InChI=1S/C9H17NO7S2/c1-18(14,15)5-3-7(9(12)13)10-8(11)4-6-19(2,16)17/h7H,3-6H2,1-2H3,(H,10,11)(H,12,13). The Balaban J connectivity index is 4.43. The van der Waals surface area contributed by atoms with Crippen molar-refractivity contribution in [1.82, 2.24) is 5.32 Å². The van der Waals surface area contributed by atoms with Gasteiger partial charge in [0, 0.05) is 18.9 Å². The molecule has 1 unspecified atom stereocenters. The molecule has 0 saturated heterocycles. The van der Waals surface area contributed by atoms with Crippen molar-refractivity contribution >= 4 is 31.6 Å². The van der Waals surface area contributed by atoms with Crippen LogP contribution >= 0.6 is 0 Å². The first-order valence-corrected chi connectivity index (χ1v) is 9.40. The summed E-state index contributed by atoms with van der Waals surface area (Å²) in [6.07, 6.45) is 1.29. The largest absolute Gasteiger partial charge is 0.480 e. The number of carboxylic acids is 1. The van der Waals surface area contributed by atoms with Crippen LogP contribution in [0.2, 0.25) is 0 Å². The number of sulfone groups is 2. The maximum Gasteiger partial charge on any atom is 0.326 e. The molecule has 0 saturated carbocycles. The molecule has 0 rings (SSSR count). The second-order valence-corrected chi connectivity index (χ2v) is 8.78. The van der Waals surface area contributed by atoms with Crippen molar-refractivity contribution in [3.8, 4) is 0 Å². The highest BCUT2D eigenvalue weighted by atomic mass is 32.2. The molecule has 1 atom stereocenters. The Morgan fingerprint density at radius 3 is 1.89 bits per heavy atom. The SMILES string of the molecule is CS(=O)(=O)CCC(=O)NC(CCS(C)(=O)=O)C(=O)O. The van der Waals surface area contributed by atoms with Crippen molar-refractivity contribution in [2.75, 3.05) is 24.0 Å². The molecule has 0 aromatic carbocycles. The maximum atomic E-state index is 11.3. The predicted molar refractivity (Wildman–Crippen MR) is 68.2 cm³/mol. The van der Waals surface area contributed by atoms with E-state index in [1.807, 2.05) is 0 Å². The Bertz CT molecular complexity index is 535. The molecule has 8 nitrogen and oxygen atoms in total. The number of carboxylic acid groups (broad SMARTS) is 1. The highest BCUT2D eigenvalue weighted by molar-refractivity contribution is 7.90. The fourth-order valence-electron chi connectivity index (χ4n) is 1.13. The average molecular weight is 315 g/mol. The van der Waals surface area contributed by atoms with Gasteiger partial charge in [0.25, 0.3) is 0 Å². The molecule has 0 radical (unpaired) electrons. The molecule has 0 bridgehead atoms. The Hall–Kier alpha value is -1.16. The predicted octanol–water partition coefficient (Wildman–Crippen LogP) is -1.57. The molecule has 19 heavy (non-hydrogen) atoms. The van der Waals surface area contributed by atoms with E-state index in [2.05, 4.69) is 5.32 Å². The number of hydrogen-bond acceptors (Lipinski definition) is 6. The third-order valence-corrected chi connectivity index (χ3v) is 4.03. The minimum atomic E-state index is -3.33. The van der Waals surface area contributed by atoms with Crippen LogP contribution in [0.3, 0.4) is 0 Å². The lowest BCUT2D eigenvalue weighted by Crippen LogP contribution is -2.42. The number of hydrogen-bond donors (Lipinski definition) is 2. The van der Waals surface area contributed by atoms with Gasteiger partial charge in [-0.3, -0.25) is 4.79 Å². The molecule has 0 aromatic heterocycles. The highest BCUT2D eigenvalue weighted by Gasteiger charge is 2.22. The van der Waals surface area contributed by atoms with Crippen molar-refractivity contribution in [3.63, 3.8) is 0 Å². The summed E-state index contributed by atoms with van der Waals surface area (Å²) >= 11 is 0. The molecular weight excluding hydrogens is 298 g/mol. The number of amides is 1. The monoisotopic (exact) mass is 315 g/mol. The van der Waals surface area contributed by atoms with Gasteiger partial charge in [-0.1, -0.05) is 0 Å². The quantitative estimate of drug-likeness (QED) is 0.552. The first-order chi connectivity index (χ1) is 8.41. The summed E-state index contributed by atoms with van der Waals surface area (Å²) in [6.45, 7) is 0. The Morgan fingerprint density at radius 2 is 1.53 bits per heavy atom. The molecular formula is C9H17NO7S2. The molecule has 2 N–H and O–H groups in total. The van der Waals surface area contributed by atoms with Crippen LogP contribution in [-0.2, 0) is 29.3 Å². The lowest BCUT2D eigenvalue weighted by Gasteiger charge is -2.13. The lowest BCUT2D eigenvalue weighted by atomic mass is 10.2. The summed E-state index contributed by atoms with van der Waals surface area (Å²) < 4.78 is 43.5. The van der Waals surface area contributed by atoms with Gasteiger partial charge in [0.05, 0.1) is 11.5 Å². The summed E-state index contributed by atoms with van der Waals surface area (Å²) in [5.74, 6) is -2.88. The zero-order valence-electron chi connectivity index (χ0n) is 10.6. The molecule has 0 spiro atoms. The number of rotatable bonds is 8. The Labute approximate surface area is 112 Å². The number of nitrogens with one attached hydrogen (secondary N) is 1. The molecule has 0 heterocycles. The fraction of sp³-hybridized carbons (Fsp3) is 0.778. The maximum absolute atomic E-state index is 11.3. The van der Waals surface area contributed by atoms with Gasteiger partial charge in [-0.2, -0.15) is 0 Å². The van der Waals surface area contributed by atoms with Crippen LogP contribution in [0.25, 0.3) is 0 Å². The second-order valence-electron chi connectivity index (χ2n) is 4.26. The van der Waals surface area contributed by atoms with Gasteiger partial charge in [-0.25, -0.2) is 21.6 Å². The molecule has 0 fully saturated rings. The Kier molecular flexibility index (Phi) is 6.43. The molecule has 112 valence electrons. The zero-order valence-corrected chi connectivity index (χ0v) is 12.3. The van der Waals surface area contributed by atoms with Crippen molar-refractivity contribution in [1.29, 1.82) is 0 Å². The number of carbonyl (C=O) groups is 2. The third-order valence-electron chi connectivity index (χ3n) is 2.11. The molecule has 0 aromatic rings. The van der Waals surface area contributed by atoms with Crippen LogP contribution < -0.4 is 5.32 Å². The molecule has 0 aliphatic carbocycles. The topological polar surface area (TPSA) is 135 Å². The Morgan fingerprint density at radius 1 is 1.05 bits per heavy atom. The normalized spacial score (nSPS) is 13.8. The van der Waals surface area contributed by atoms with Gasteiger partial charge >= 0.3 is 5.97 Å². The van der Waals surface area contributed by atoms with E-state index in [1.54, 1.807) is 0 Å². The molecule has 0 aliphatic heterocycles. The smallest absolute Gasteiger partial charge is 0.326 e. The molecule has 0 aliphatic rings. The van der Waals surface area contributed by atoms with E-state index < -0.39 is 43.3 Å². The highest BCUT2D eigenvalue weighted by Crippen LogP contribution is 1.99. The summed E-state index contributed by atoms with van der Waals surface area (Å²) in [5, 5.41) is 10.9. The molecule has 1 amide bonds. The lowest BCUT2D eigenvalue weighted by molar-refractivity contribution is -0.141. The van der Waals surface area contributed by atoms with Crippen LogP contribution in [0.15, 0.2) is 0 Å². The number of aliphatic carboxylic acids is 1. The minimum Gasteiger partial charge on any atom is -0.480 e. The van der Waals surface area contributed by atoms with Crippen molar-refractivity contribution in [2.24, 2.45) is 0 Å². The zero-order chi connectivity index (χ0) is 15.3. The van der Waals surface area contributed by atoms with Gasteiger partial charge in [0.2, 0.25) is 5.91 Å². The van der Waals surface area contributed by atoms with Crippen LogP contribution in [0.4, 0.5) is 0 Å². The van der Waals surface area contributed by atoms with Gasteiger partial charge in [0.1, 0.15) is 25.7 Å². The minimum absolute atomic E-state index is 0.265. The molecule has 10 heteroatoms. The van der Waals surface area contributed by atoms with Crippen LogP contribution in [-0.4, -0.2) is 63.9 Å². The van der Waals surface area contributed by atoms with E-state index in [-0.39, 0.29) is 18.6 Å². The second kappa shape index (κ2) is 6.85. The summed E-state index contributed by atoms with van der Waals surface area (Å²) in [6, 6.07) is -1.35. The van der Waals surface area contributed by atoms with Crippen LogP contribution in [0.1, 0.15) is 12.8 Å². The van der Waals surface area contributed by atoms with Gasteiger partial charge in [-0.15, -0.1) is 0 Å². The van der Waals surface area contributed by atoms with Crippen LogP contribution in [0, 0.1) is 0 Å². The third kappa shape index (κ3) is 10.4. The van der Waals surface area contributed by atoms with E-state index in [0.29, 0.717) is 0 Å². The van der Waals surface area contributed by atoms with E-state index in [4.69, 9.17) is 5.11 Å². The summed E-state index contributed by atoms with van der Waals surface area (Å²) in [4.78, 5) is 22.2. The van der Waals surface area contributed by atoms with Crippen LogP contribution in [0.5, 0.6) is 0 Å². The van der Waals surface area contributed by atoms with Gasteiger partial charge in [-0.05, 0) is 6.42 Å².